The summed E-state index contributed by atoms with van der Waals surface area (Å²) in [6, 6.07) is 14.3. The molecule has 0 spiro atoms. The first-order chi connectivity index (χ1) is 34.6. The second-order valence-corrected chi connectivity index (χ2v) is 21.2. The van der Waals surface area contributed by atoms with Gasteiger partial charge in [-0.3, -0.25) is 24.6 Å². The third-order valence-electron chi connectivity index (χ3n) is 13.4. The molecule has 2 aromatic heterocycles. The van der Waals surface area contributed by atoms with Crippen LogP contribution in [0.1, 0.15) is 76.6 Å². The number of aromatic nitrogens is 3. The summed E-state index contributed by atoms with van der Waals surface area (Å²) in [6.07, 6.45) is 1.09. The van der Waals surface area contributed by atoms with E-state index in [1.165, 1.54) is 31.7 Å². The maximum absolute atomic E-state index is 16.0. The maximum atomic E-state index is 16.0. The molecule has 392 valence electrons. The van der Waals surface area contributed by atoms with Crippen molar-refractivity contribution in [2.75, 3.05) is 51.9 Å². The number of piperazine rings is 1. The van der Waals surface area contributed by atoms with Crippen molar-refractivity contribution in [3.63, 3.8) is 0 Å². The van der Waals surface area contributed by atoms with E-state index in [4.69, 9.17) is 19.2 Å². The van der Waals surface area contributed by atoms with Crippen LogP contribution >= 0.6 is 0 Å². The van der Waals surface area contributed by atoms with Gasteiger partial charge in [-0.25, -0.2) is 28.4 Å². The summed E-state index contributed by atoms with van der Waals surface area (Å²) in [7, 11) is 4.17. The fourth-order valence-electron chi connectivity index (χ4n) is 9.45. The molecule has 7 rings (SSSR count). The third-order valence-corrected chi connectivity index (χ3v) is 13.4. The van der Waals surface area contributed by atoms with E-state index in [1.807, 2.05) is 12.1 Å². The standard InChI is InChI=1S/C53H68F2N10O8/c1-52(2,3)46(59-51(70)71-9)48(67)58-43(22-33-13-10-32(11-14-33)12-15-34-16-19-45(57-25-34)63-26-36-17-18-37(27-63)65(36)38-30-72-31-38)44(66)29-64(61-49(68)47(53(4,5)6)73-50(69)56-7)28-39-40(54)23-35(24-41(39)55)42-20-21-62(8)60-42/h10-11,13-14,16,19-21,23-25,36-38,43-44,46-47,66H,17-18,22,26-31H2,1-9H3,(H,56,69)(H,58,67)(H,59,70)(H,61,68)/t36-,37-,43-,44-,46+,47+/m0/s1. The molecule has 5 heterocycles. The Balaban J connectivity index is 1.12. The minimum Gasteiger partial charge on any atom is -0.453 e. The van der Waals surface area contributed by atoms with E-state index in [9.17, 15) is 24.3 Å². The lowest BCUT2D eigenvalue weighted by atomic mass is 9.85. The highest BCUT2D eigenvalue weighted by molar-refractivity contribution is 5.87. The van der Waals surface area contributed by atoms with Crippen molar-refractivity contribution < 1.29 is 47.3 Å². The maximum Gasteiger partial charge on any atom is 0.407 e. The summed E-state index contributed by atoms with van der Waals surface area (Å²) in [5, 5.41) is 25.3. The van der Waals surface area contributed by atoms with Crippen LogP contribution in [0.4, 0.5) is 24.2 Å². The molecule has 3 saturated heterocycles. The first-order valence-corrected chi connectivity index (χ1v) is 24.5. The number of benzene rings is 2. The van der Waals surface area contributed by atoms with Crippen LogP contribution < -0.4 is 26.3 Å². The van der Waals surface area contributed by atoms with Crippen molar-refractivity contribution in [2.45, 2.75) is 110 Å². The number of rotatable bonds is 16. The molecule has 73 heavy (non-hydrogen) atoms. The number of hydrogen-bond acceptors (Lipinski definition) is 13. The van der Waals surface area contributed by atoms with E-state index in [1.54, 1.807) is 91.3 Å². The molecule has 3 fully saturated rings. The SMILES string of the molecule is CNC(=O)O[C@H](C(=O)NN(Cc1c(F)cc(-c2ccn(C)n2)cc1F)C[C@H](O)[C@H](Cc1ccc(C#Cc2ccc(N3C[C@@H]4CC[C@@H](C3)N4C3COC3)nc2)cc1)NC(=O)[C@@H](NC(=O)OC)C(C)(C)C)C(C)(C)C. The molecule has 3 aliphatic heterocycles. The second-order valence-electron chi connectivity index (χ2n) is 21.2. The van der Waals surface area contributed by atoms with Gasteiger partial charge in [-0.05, 0) is 72.7 Å². The molecule has 0 unspecified atom stereocenters. The number of carbonyl (C=O) groups excluding carboxylic acids is 4. The topological polar surface area (TPSA) is 205 Å². The Kier molecular flexibility index (Phi) is 17.1. The van der Waals surface area contributed by atoms with Crippen molar-refractivity contribution in [1.82, 2.24) is 46.0 Å². The number of hydrogen-bond donors (Lipinski definition) is 5. The number of nitrogens with zero attached hydrogens (tertiary/aromatic N) is 6. The van der Waals surface area contributed by atoms with Crippen LogP contribution in [0, 0.1) is 34.3 Å². The Bertz CT molecular complexity index is 2620. The van der Waals surface area contributed by atoms with Crippen LogP contribution in [0.5, 0.6) is 0 Å². The largest absolute Gasteiger partial charge is 0.453 e. The number of aryl methyl sites for hydroxylation is 1. The minimum absolute atomic E-state index is 0.0131. The Morgan fingerprint density at radius 3 is 2.05 bits per heavy atom. The van der Waals surface area contributed by atoms with Gasteiger partial charge in [-0.2, -0.15) is 5.10 Å². The summed E-state index contributed by atoms with van der Waals surface area (Å²) in [6.45, 7) is 12.6. The van der Waals surface area contributed by atoms with E-state index in [0.717, 1.165) is 54.8 Å². The van der Waals surface area contributed by atoms with Crippen molar-refractivity contribution in [3.05, 3.63) is 101 Å². The van der Waals surface area contributed by atoms with Crippen LogP contribution in [0.2, 0.25) is 0 Å². The Morgan fingerprint density at radius 2 is 1.52 bits per heavy atom. The quantitative estimate of drug-likeness (QED) is 0.0766. The van der Waals surface area contributed by atoms with Gasteiger partial charge in [-0.15, -0.1) is 0 Å². The van der Waals surface area contributed by atoms with Crippen LogP contribution in [0.25, 0.3) is 11.3 Å². The van der Waals surface area contributed by atoms with Gasteiger partial charge in [0.25, 0.3) is 5.91 Å². The summed E-state index contributed by atoms with van der Waals surface area (Å²) >= 11 is 0. The number of amides is 4. The summed E-state index contributed by atoms with van der Waals surface area (Å²) in [5.74, 6) is 3.89. The predicted octanol–water partition coefficient (Wildman–Crippen LogP) is 4.67. The molecule has 6 atom stereocenters. The zero-order valence-corrected chi connectivity index (χ0v) is 43.0. The monoisotopic (exact) mass is 1010 g/mol. The molecule has 0 radical (unpaired) electrons. The highest BCUT2D eigenvalue weighted by Gasteiger charge is 2.46. The number of aliphatic hydroxyl groups excluding tert-OH is 1. The van der Waals surface area contributed by atoms with Crippen LogP contribution in [0.15, 0.2) is 67.0 Å². The fraction of sp³-hybridized carbons (Fsp3) is 0.509. The average Bonchev–Trinajstić information content (AvgIpc) is 3.86. The van der Waals surface area contributed by atoms with E-state index < -0.39 is 89.4 Å². The van der Waals surface area contributed by atoms with E-state index >= 15 is 8.78 Å². The Morgan fingerprint density at radius 1 is 0.877 bits per heavy atom. The number of halogens is 2. The lowest BCUT2D eigenvalue weighted by Gasteiger charge is -2.47. The average molecular weight is 1010 g/mol. The molecule has 0 saturated carbocycles. The number of methoxy groups -OCH3 is 1. The number of carbonyl (C=O) groups is 4. The number of hydrazine groups is 1. The summed E-state index contributed by atoms with van der Waals surface area (Å²) < 4.78 is 49.3. The number of pyridine rings is 1. The zero-order chi connectivity index (χ0) is 52.8. The van der Waals surface area contributed by atoms with Crippen molar-refractivity contribution in [3.8, 4) is 23.1 Å². The van der Waals surface area contributed by atoms with Gasteiger partial charge < -0.3 is 40.2 Å². The fourth-order valence-corrected chi connectivity index (χ4v) is 9.45. The lowest BCUT2D eigenvalue weighted by molar-refractivity contribution is -0.141. The number of aliphatic hydroxyl groups is 1. The molecule has 3 aliphatic rings. The molecule has 4 amide bonds. The molecule has 4 aromatic rings. The van der Waals surface area contributed by atoms with Crippen LogP contribution in [0.3, 0.4) is 0 Å². The van der Waals surface area contributed by atoms with Crippen molar-refractivity contribution in [1.29, 1.82) is 0 Å². The first kappa shape index (κ1) is 54.1. The molecule has 18 nitrogen and oxygen atoms in total. The summed E-state index contributed by atoms with van der Waals surface area (Å²) in [5.41, 5.74) is 2.97. The van der Waals surface area contributed by atoms with Gasteiger partial charge in [0.05, 0.1) is 44.2 Å². The zero-order valence-electron chi connectivity index (χ0n) is 43.0. The molecule has 2 aromatic carbocycles. The van der Waals surface area contributed by atoms with Gasteiger partial charge in [0, 0.05) is 92.4 Å². The molecule has 2 bridgehead atoms. The van der Waals surface area contributed by atoms with Gasteiger partial charge in [0.15, 0.2) is 6.10 Å². The molecule has 5 N–H and O–H groups in total. The molecular formula is C53H68F2N10O8. The van der Waals surface area contributed by atoms with Crippen LogP contribution in [-0.2, 0) is 43.8 Å². The van der Waals surface area contributed by atoms with Gasteiger partial charge >= 0.3 is 12.2 Å². The number of alkyl carbamates (subject to hydrolysis) is 2. The van der Waals surface area contributed by atoms with E-state index in [0.29, 0.717) is 34.9 Å². The normalized spacial score (nSPS) is 18.6. The predicted molar refractivity (Wildman–Crippen MR) is 268 cm³/mol. The van der Waals surface area contributed by atoms with Crippen molar-refractivity contribution >= 4 is 29.8 Å². The van der Waals surface area contributed by atoms with Crippen molar-refractivity contribution in [2.24, 2.45) is 17.9 Å². The van der Waals surface area contributed by atoms with Gasteiger partial charge in [-0.1, -0.05) is 65.5 Å². The van der Waals surface area contributed by atoms with E-state index in [-0.39, 0.29) is 12.0 Å². The highest BCUT2D eigenvalue weighted by atomic mass is 19.1. The number of ether oxygens (including phenoxy) is 3. The van der Waals surface area contributed by atoms with Crippen LogP contribution in [-0.4, -0.2) is 143 Å². The Labute approximate surface area is 425 Å². The number of anilines is 1. The second kappa shape index (κ2) is 23.0. The highest BCUT2D eigenvalue weighted by Crippen LogP contribution is 2.35. The number of nitrogens with one attached hydrogen (secondary N) is 4. The lowest BCUT2D eigenvalue weighted by Crippen LogP contribution is -2.62. The molecule has 0 aliphatic carbocycles. The molecular weight excluding hydrogens is 943 g/mol. The smallest absolute Gasteiger partial charge is 0.407 e. The third kappa shape index (κ3) is 13.7. The Hall–Kier alpha value is -6.66. The first-order valence-electron chi connectivity index (χ1n) is 24.5. The van der Waals surface area contributed by atoms with Gasteiger partial charge in [0.2, 0.25) is 5.91 Å². The minimum atomic E-state index is -1.55. The summed E-state index contributed by atoms with van der Waals surface area (Å²) in [4.78, 5) is 62.9. The number of fused-ring (bicyclic) bond motifs is 2. The molecule has 20 heteroatoms. The van der Waals surface area contributed by atoms with Gasteiger partial charge in [0.1, 0.15) is 23.5 Å². The van der Waals surface area contributed by atoms with E-state index in [2.05, 4.69) is 48.1 Å².